The lowest BCUT2D eigenvalue weighted by Gasteiger charge is -2.14. The van der Waals surface area contributed by atoms with E-state index >= 15 is 0 Å². The molecule has 21 heavy (non-hydrogen) atoms. The molecule has 0 bridgehead atoms. The maximum Gasteiger partial charge on any atom is 0.269 e. The molecule has 0 aromatic heterocycles. The Kier molecular flexibility index (Phi) is 7.17. The summed E-state index contributed by atoms with van der Waals surface area (Å²) in [6.45, 7) is 5.35. The second-order valence-electron chi connectivity index (χ2n) is 4.57. The zero-order chi connectivity index (χ0) is 15.7. The van der Waals surface area contributed by atoms with Crippen LogP contribution in [0.1, 0.15) is 20.3 Å². The number of nitro groups is 1. The average molecular weight is 295 g/mol. The summed E-state index contributed by atoms with van der Waals surface area (Å²) in [7, 11) is 0. The molecule has 0 aliphatic heterocycles. The van der Waals surface area contributed by atoms with Gasteiger partial charge in [-0.2, -0.15) is 0 Å². The van der Waals surface area contributed by atoms with E-state index in [1.165, 1.54) is 12.1 Å². The molecule has 0 fully saturated rings. The van der Waals surface area contributed by atoms with Crippen molar-refractivity contribution in [1.82, 2.24) is 10.6 Å². The Morgan fingerprint density at radius 2 is 2.00 bits per heavy atom. The van der Waals surface area contributed by atoms with Gasteiger partial charge in [-0.1, -0.05) is 6.92 Å². The first-order chi connectivity index (χ1) is 10.0. The summed E-state index contributed by atoms with van der Waals surface area (Å²) >= 11 is 0. The van der Waals surface area contributed by atoms with Crippen LogP contribution < -0.4 is 15.4 Å². The molecule has 1 aromatic rings. The highest BCUT2D eigenvalue weighted by Crippen LogP contribution is 2.16. The zero-order valence-electron chi connectivity index (χ0n) is 12.3. The standard InChI is InChI=1S/C14H21N3O4/c1-3-8-16-14(18)11(2)15-9-10-21-13-6-4-12(5-7-13)17(19)20/h4-7,11,15H,3,8-10H2,1-2H3,(H,16,18). The van der Waals surface area contributed by atoms with Gasteiger partial charge in [-0.3, -0.25) is 14.9 Å². The van der Waals surface area contributed by atoms with Gasteiger partial charge < -0.3 is 15.4 Å². The molecule has 1 rings (SSSR count). The lowest BCUT2D eigenvalue weighted by atomic mass is 10.3. The van der Waals surface area contributed by atoms with Crippen molar-refractivity contribution in [1.29, 1.82) is 0 Å². The number of non-ortho nitro benzene ring substituents is 1. The molecule has 0 heterocycles. The van der Waals surface area contributed by atoms with Gasteiger partial charge in [0, 0.05) is 25.2 Å². The van der Waals surface area contributed by atoms with Gasteiger partial charge in [0.15, 0.2) is 0 Å². The van der Waals surface area contributed by atoms with E-state index in [9.17, 15) is 14.9 Å². The summed E-state index contributed by atoms with van der Waals surface area (Å²) in [6, 6.07) is 5.61. The van der Waals surface area contributed by atoms with Crippen molar-refractivity contribution in [3.8, 4) is 5.75 Å². The molecular weight excluding hydrogens is 274 g/mol. The molecule has 7 heteroatoms. The van der Waals surface area contributed by atoms with E-state index in [4.69, 9.17) is 4.74 Å². The van der Waals surface area contributed by atoms with E-state index in [1.54, 1.807) is 19.1 Å². The predicted octanol–water partition coefficient (Wildman–Crippen LogP) is 1.48. The van der Waals surface area contributed by atoms with Crippen LogP contribution in [0.2, 0.25) is 0 Å². The third kappa shape index (κ3) is 6.22. The third-order valence-corrected chi connectivity index (χ3v) is 2.81. The highest BCUT2D eigenvalue weighted by Gasteiger charge is 2.10. The van der Waals surface area contributed by atoms with Crippen molar-refractivity contribution < 1.29 is 14.5 Å². The van der Waals surface area contributed by atoms with Gasteiger partial charge in [0.25, 0.3) is 5.69 Å². The maximum atomic E-state index is 11.6. The summed E-state index contributed by atoms with van der Waals surface area (Å²) in [6.07, 6.45) is 0.904. The van der Waals surface area contributed by atoms with E-state index in [-0.39, 0.29) is 17.6 Å². The van der Waals surface area contributed by atoms with Crippen molar-refractivity contribution in [2.24, 2.45) is 0 Å². The van der Waals surface area contributed by atoms with Gasteiger partial charge in [0.2, 0.25) is 5.91 Å². The number of hydrogen-bond acceptors (Lipinski definition) is 5. The topological polar surface area (TPSA) is 93.5 Å². The highest BCUT2D eigenvalue weighted by atomic mass is 16.6. The molecule has 0 saturated heterocycles. The number of amides is 1. The van der Waals surface area contributed by atoms with Gasteiger partial charge in [0.05, 0.1) is 11.0 Å². The second-order valence-corrected chi connectivity index (χ2v) is 4.57. The Bertz CT molecular complexity index is 462. The minimum Gasteiger partial charge on any atom is -0.492 e. The van der Waals surface area contributed by atoms with Crippen LogP contribution in [0.3, 0.4) is 0 Å². The molecule has 0 aliphatic rings. The molecule has 1 amide bonds. The fraction of sp³-hybridized carbons (Fsp3) is 0.500. The number of ether oxygens (including phenoxy) is 1. The summed E-state index contributed by atoms with van der Waals surface area (Å²) in [5.74, 6) is 0.526. The number of carbonyl (C=O) groups is 1. The molecule has 7 nitrogen and oxygen atoms in total. The van der Waals surface area contributed by atoms with Crippen LogP contribution >= 0.6 is 0 Å². The van der Waals surface area contributed by atoms with Crippen molar-refractivity contribution >= 4 is 11.6 Å². The Hall–Kier alpha value is -2.15. The first kappa shape index (κ1) is 16.9. The van der Waals surface area contributed by atoms with Crippen LogP contribution in [0.5, 0.6) is 5.75 Å². The smallest absolute Gasteiger partial charge is 0.269 e. The summed E-state index contributed by atoms with van der Waals surface area (Å²) in [5.41, 5.74) is 0.0293. The van der Waals surface area contributed by atoms with Crippen LogP contribution in [0, 0.1) is 10.1 Å². The monoisotopic (exact) mass is 295 g/mol. The minimum atomic E-state index is -0.456. The Balaban J connectivity index is 2.24. The average Bonchev–Trinajstić information content (AvgIpc) is 2.49. The fourth-order valence-corrected chi connectivity index (χ4v) is 1.60. The van der Waals surface area contributed by atoms with Crippen molar-refractivity contribution in [2.75, 3.05) is 19.7 Å². The number of nitro benzene ring substituents is 1. The molecule has 1 atom stereocenters. The number of nitrogens with zero attached hydrogens (tertiary/aromatic N) is 1. The van der Waals surface area contributed by atoms with Gasteiger partial charge >= 0.3 is 0 Å². The predicted molar refractivity (Wildman–Crippen MR) is 79.4 cm³/mol. The minimum absolute atomic E-state index is 0.0293. The fourth-order valence-electron chi connectivity index (χ4n) is 1.60. The number of nitrogens with one attached hydrogen (secondary N) is 2. The van der Waals surface area contributed by atoms with Gasteiger partial charge in [0.1, 0.15) is 12.4 Å². The van der Waals surface area contributed by atoms with Gasteiger partial charge in [-0.15, -0.1) is 0 Å². The van der Waals surface area contributed by atoms with Crippen LogP contribution in [-0.2, 0) is 4.79 Å². The van der Waals surface area contributed by atoms with Crippen LogP contribution in [0.15, 0.2) is 24.3 Å². The Morgan fingerprint density at radius 1 is 1.33 bits per heavy atom. The number of hydrogen-bond donors (Lipinski definition) is 2. The molecule has 1 unspecified atom stereocenters. The SMILES string of the molecule is CCCNC(=O)C(C)NCCOc1ccc([N+](=O)[O-])cc1. The van der Waals surface area contributed by atoms with Crippen molar-refractivity contribution in [2.45, 2.75) is 26.3 Å². The lowest BCUT2D eigenvalue weighted by molar-refractivity contribution is -0.384. The summed E-state index contributed by atoms with van der Waals surface area (Å²) in [5, 5.41) is 16.4. The van der Waals surface area contributed by atoms with Crippen LogP contribution in [0.4, 0.5) is 5.69 Å². The molecule has 0 spiro atoms. The first-order valence-corrected chi connectivity index (χ1v) is 6.93. The van der Waals surface area contributed by atoms with E-state index in [1.807, 2.05) is 6.92 Å². The molecule has 2 N–H and O–H groups in total. The molecular formula is C14H21N3O4. The molecule has 116 valence electrons. The van der Waals surface area contributed by atoms with Gasteiger partial charge in [-0.25, -0.2) is 0 Å². The van der Waals surface area contributed by atoms with Crippen LogP contribution in [0.25, 0.3) is 0 Å². The van der Waals surface area contributed by atoms with Crippen molar-refractivity contribution in [3.05, 3.63) is 34.4 Å². The summed E-state index contributed by atoms with van der Waals surface area (Å²) < 4.78 is 5.44. The normalized spacial score (nSPS) is 11.7. The number of rotatable bonds is 9. The number of carbonyl (C=O) groups excluding carboxylic acids is 1. The van der Waals surface area contributed by atoms with Crippen molar-refractivity contribution in [3.63, 3.8) is 0 Å². The Morgan fingerprint density at radius 3 is 2.57 bits per heavy atom. The molecule has 0 aliphatic carbocycles. The first-order valence-electron chi connectivity index (χ1n) is 6.93. The quantitative estimate of drug-likeness (QED) is 0.409. The molecule has 0 saturated carbocycles. The second kappa shape index (κ2) is 8.91. The zero-order valence-corrected chi connectivity index (χ0v) is 12.3. The summed E-state index contributed by atoms with van der Waals surface area (Å²) in [4.78, 5) is 21.6. The largest absolute Gasteiger partial charge is 0.492 e. The van der Waals surface area contributed by atoms with E-state index in [0.29, 0.717) is 25.4 Å². The maximum absolute atomic E-state index is 11.6. The molecule has 0 radical (unpaired) electrons. The van der Waals surface area contributed by atoms with E-state index in [0.717, 1.165) is 6.42 Å². The number of benzene rings is 1. The highest BCUT2D eigenvalue weighted by molar-refractivity contribution is 5.81. The Labute approximate surface area is 123 Å². The molecule has 1 aromatic carbocycles. The van der Waals surface area contributed by atoms with Gasteiger partial charge in [-0.05, 0) is 25.5 Å². The van der Waals surface area contributed by atoms with E-state index < -0.39 is 4.92 Å². The van der Waals surface area contributed by atoms with Crippen LogP contribution in [-0.4, -0.2) is 36.6 Å². The van der Waals surface area contributed by atoms with E-state index in [2.05, 4.69) is 10.6 Å². The lowest BCUT2D eigenvalue weighted by Crippen LogP contribution is -2.43. The third-order valence-electron chi connectivity index (χ3n) is 2.81.